The molecule has 43 heavy (non-hydrogen) atoms. The van der Waals surface area contributed by atoms with Gasteiger partial charge in [-0.1, -0.05) is 12.1 Å². The number of piperidine rings is 1. The standard InChI is InChI=1S/C29H32F2N10O2/c1-15(2)36-28(42)17-4-5-18(30)24(25(17)31)21-7-6-19(32)26(37-21)29(43)38-22-12-34-9-8-23(22)40-13-16(3)27(20(33)14-40)41-11-10-35-39-41/h4-12,15-16,20,27H,13-14,32-33H2,1-3H3,(H,36,42)(H,38,43)/t16-,20+,27-/m0/s1. The molecule has 1 fully saturated rings. The van der Waals surface area contributed by atoms with Crippen LogP contribution in [0.2, 0.25) is 0 Å². The molecule has 1 aliphatic heterocycles. The number of nitrogens with zero attached hydrogens (tertiary/aromatic N) is 6. The molecular formula is C29H32F2N10O2. The highest BCUT2D eigenvalue weighted by Crippen LogP contribution is 2.34. The molecule has 4 heterocycles. The van der Waals surface area contributed by atoms with E-state index in [2.05, 4.69) is 37.8 Å². The Labute approximate surface area is 246 Å². The number of halogens is 2. The minimum absolute atomic E-state index is 0.00879. The van der Waals surface area contributed by atoms with Crippen LogP contribution in [0.3, 0.4) is 0 Å². The molecular weight excluding hydrogens is 558 g/mol. The van der Waals surface area contributed by atoms with Crippen molar-refractivity contribution in [3.8, 4) is 11.3 Å². The largest absolute Gasteiger partial charge is 0.397 e. The maximum atomic E-state index is 15.4. The van der Waals surface area contributed by atoms with E-state index >= 15 is 4.39 Å². The number of benzene rings is 1. The maximum Gasteiger partial charge on any atom is 0.276 e. The van der Waals surface area contributed by atoms with Gasteiger partial charge >= 0.3 is 0 Å². The first-order valence-electron chi connectivity index (χ1n) is 13.7. The number of pyridine rings is 2. The van der Waals surface area contributed by atoms with Gasteiger partial charge in [-0.3, -0.25) is 14.6 Å². The summed E-state index contributed by atoms with van der Waals surface area (Å²) < 4.78 is 32.1. The summed E-state index contributed by atoms with van der Waals surface area (Å²) in [6.45, 7) is 6.58. The average Bonchev–Trinajstić information content (AvgIpc) is 3.47. The van der Waals surface area contributed by atoms with Gasteiger partial charge in [-0.05, 0) is 50.1 Å². The average molecular weight is 591 g/mol. The Bertz CT molecular complexity index is 1630. The SMILES string of the molecule is CC(C)NC(=O)c1ccc(F)c(-c2ccc(N)c(C(=O)Nc3cnccc3N3C[C@@H](N)[C@@H](n4ccnn4)[C@@H](C)C3)n2)c1F. The Kier molecular flexibility index (Phi) is 8.30. The second-order valence-corrected chi connectivity index (χ2v) is 10.8. The molecule has 3 atom stereocenters. The molecule has 4 aromatic rings. The summed E-state index contributed by atoms with van der Waals surface area (Å²) in [5, 5.41) is 13.4. The molecule has 6 N–H and O–H groups in total. The lowest BCUT2D eigenvalue weighted by Gasteiger charge is -2.42. The fourth-order valence-electron chi connectivity index (χ4n) is 5.38. The highest BCUT2D eigenvalue weighted by molar-refractivity contribution is 6.08. The van der Waals surface area contributed by atoms with Crippen LogP contribution in [-0.4, -0.2) is 61.9 Å². The zero-order valence-corrected chi connectivity index (χ0v) is 23.8. The number of carbonyl (C=O) groups is 2. The molecule has 0 bridgehead atoms. The minimum Gasteiger partial charge on any atom is -0.397 e. The zero-order valence-electron chi connectivity index (χ0n) is 23.8. The van der Waals surface area contributed by atoms with Crippen molar-refractivity contribution in [2.45, 2.75) is 38.9 Å². The van der Waals surface area contributed by atoms with Crippen molar-refractivity contribution in [2.24, 2.45) is 11.7 Å². The lowest BCUT2D eigenvalue weighted by molar-refractivity contribution is 0.0938. The van der Waals surface area contributed by atoms with Gasteiger partial charge in [0, 0.05) is 37.6 Å². The van der Waals surface area contributed by atoms with Crippen molar-refractivity contribution in [2.75, 3.05) is 29.0 Å². The van der Waals surface area contributed by atoms with Crippen molar-refractivity contribution < 1.29 is 18.4 Å². The normalized spacial score (nSPS) is 18.5. The number of hydrogen-bond acceptors (Lipinski definition) is 9. The Hall–Kier alpha value is -4.98. The van der Waals surface area contributed by atoms with Crippen molar-refractivity contribution in [3.63, 3.8) is 0 Å². The zero-order chi connectivity index (χ0) is 30.8. The van der Waals surface area contributed by atoms with E-state index in [-0.39, 0.29) is 46.7 Å². The molecule has 5 rings (SSSR count). The summed E-state index contributed by atoms with van der Waals surface area (Å²) in [6, 6.07) is 5.82. The van der Waals surface area contributed by atoms with Crippen LogP contribution in [0.1, 0.15) is 47.7 Å². The lowest BCUT2D eigenvalue weighted by atomic mass is 9.90. The van der Waals surface area contributed by atoms with Gasteiger partial charge in [0.1, 0.15) is 11.6 Å². The number of carbonyl (C=O) groups excluding carboxylic acids is 2. The molecule has 1 aliphatic rings. The van der Waals surface area contributed by atoms with Crippen LogP contribution in [0, 0.1) is 17.6 Å². The molecule has 2 amide bonds. The fourth-order valence-corrected chi connectivity index (χ4v) is 5.38. The van der Waals surface area contributed by atoms with Crippen LogP contribution < -0.4 is 27.0 Å². The van der Waals surface area contributed by atoms with Crippen molar-refractivity contribution in [3.05, 3.63) is 78.0 Å². The van der Waals surface area contributed by atoms with Crippen molar-refractivity contribution in [1.29, 1.82) is 0 Å². The summed E-state index contributed by atoms with van der Waals surface area (Å²) in [6.07, 6.45) is 6.49. The lowest BCUT2D eigenvalue weighted by Crippen LogP contribution is -2.53. The number of nitrogens with two attached hydrogens (primary N) is 2. The van der Waals surface area contributed by atoms with Gasteiger partial charge in [-0.15, -0.1) is 5.10 Å². The molecule has 14 heteroatoms. The van der Waals surface area contributed by atoms with Crippen molar-refractivity contribution in [1.82, 2.24) is 30.3 Å². The minimum atomic E-state index is -1.10. The van der Waals surface area contributed by atoms with Gasteiger partial charge in [0.15, 0.2) is 5.69 Å². The predicted octanol–water partition coefficient (Wildman–Crippen LogP) is 3.01. The molecule has 12 nitrogen and oxygen atoms in total. The van der Waals surface area contributed by atoms with Gasteiger partial charge < -0.3 is 27.0 Å². The smallest absolute Gasteiger partial charge is 0.276 e. The second-order valence-electron chi connectivity index (χ2n) is 10.8. The third-order valence-electron chi connectivity index (χ3n) is 7.25. The molecule has 1 aromatic carbocycles. The van der Waals surface area contributed by atoms with E-state index in [0.717, 1.165) is 12.1 Å². The summed E-state index contributed by atoms with van der Waals surface area (Å²) in [4.78, 5) is 36.4. The van der Waals surface area contributed by atoms with Crippen molar-refractivity contribution >= 4 is 28.9 Å². The van der Waals surface area contributed by atoms with E-state index in [4.69, 9.17) is 11.5 Å². The van der Waals surface area contributed by atoms with Gasteiger partial charge in [0.2, 0.25) is 0 Å². The van der Waals surface area contributed by atoms with Gasteiger partial charge in [0.25, 0.3) is 11.8 Å². The Morgan fingerprint density at radius 2 is 1.86 bits per heavy atom. The number of nitrogen functional groups attached to an aromatic ring is 1. The van der Waals surface area contributed by atoms with Gasteiger partial charge in [-0.2, -0.15) is 0 Å². The van der Waals surface area contributed by atoms with Crippen LogP contribution in [0.25, 0.3) is 11.3 Å². The first-order chi connectivity index (χ1) is 20.5. The number of anilines is 3. The van der Waals surface area contributed by atoms with E-state index in [0.29, 0.717) is 24.5 Å². The van der Waals surface area contributed by atoms with Gasteiger partial charge in [-0.25, -0.2) is 18.4 Å². The van der Waals surface area contributed by atoms with Crippen LogP contribution in [-0.2, 0) is 0 Å². The molecule has 0 aliphatic carbocycles. The van der Waals surface area contributed by atoms with E-state index in [9.17, 15) is 14.0 Å². The molecule has 0 radical (unpaired) electrons. The second kappa shape index (κ2) is 12.1. The number of rotatable bonds is 7. The van der Waals surface area contributed by atoms with Crippen LogP contribution in [0.15, 0.2) is 55.1 Å². The molecule has 3 aromatic heterocycles. The van der Waals surface area contributed by atoms with E-state index in [1.807, 2.05) is 4.90 Å². The fraction of sp³-hybridized carbons (Fsp3) is 0.310. The topological polar surface area (TPSA) is 170 Å². The summed E-state index contributed by atoms with van der Waals surface area (Å²) in [7, 11) is 0. The van der Waals surface area contributed by atoms with E-state index < -0.39 is 29.0 Å². The van der Waals surface area contributed by atoms with Crippen LogP contribution >= 0.6 is 0 Å². The summed E-state index contributed by atoms with van der Waals surface area (Å²) >= 11 is 0. The first kappa shape index (κ1) is 29.5. The summed E-state index contributed by atoms with van der Waals surface area (Å²) in [5.74, 6) is -3.37. The number of amides is 2. The van der Waals surface area contributed by atoms with Gasteiger partial charge in [0.05, 0.1) is 52.3 Å². The molecule has 1 saturated heterocycles. The Morgan fingerprint density at radius 3 is 2.56 bits per heavy atom. The highest BCUT2D eigenvalue weighted by atomic mass is 19.1. The summed E-state index contributed by atoms with van der Waals surface area (Å²) in [5.41, 5.74) is 12.3. The monoisotopic (exact) mass is 590 g/mol. The van der Waals surface area contributed by atoms with E-state index in [1.165, 1.54) is 18.3 Å². The predicted molar refractivity (Wildman–Crippen MR) is 157 cm³/mol. The highest BCUT2D eigenvalue weighted by Gasteiger charge is 2.35. The number of aromatic nitrogens is 5. The molecule has 0 spiro atoms. The third kappa shape index (κ3) is 6.00. The Morgan fingerprint density at radius 1 is 1.07 bits per heavy atom. The first-order valence-corrected chi connectivity index (χ1v) is 13.7. The van der Waals surface area contributed by atoms with Crippen LogP contribution in [0.4, 0.5) is 25.8 Å². The molecule has 0 saturated carbocycles. The van der Waals surface area contributed by atoms with Crippen LogP contribution in [0.5, 0.6) is 0 Å². The number of nitrogens with one attached hydrogen (secondary N) is 2. The quantitative estimate of drug-likeness (QED) is 0.253. The number of hydrogen-bond donors (Lipinski definition) is 4. The van der Waals surface area contributed by atoms with E-state index in [1.54, 1.807) is 43.2 Å². The third-order valence-corrected chi connectivity index (χ3v) is 7.25. The molecule has 224 valence electrons. The molecule has 0 unspecified atom stereocenters. The Balaban J connectivity index is 1.42. The maximum absolute atomic E-state index is 15.4.